The zero-order chi connectivity index (χ0) is 13.8. The summed E-state index contributed by atoms with van der Waals surface area (Å²) < 4.78 is 1.38. The number of carbonyl (C=O) groups is 2. The SMILES string of the molecule is CNC(=O)c1c(NC(=O)c2ccncn2)cnn1C. The fourth-order valence-corrected chi connectivity index (χ4v) is 1.53. The summed E-state index contributed by atoms with van der Waals surface area (Å²) in [6, 6.07) is 1.48. The summed E-state index contributed by atoms with van der Waals surface area (Å²) >= 11 is 0. The standard InChI is InChI=1S/C11H12N6O2/c1-12-11(19)9-8(5-15-17(9)2)16-10(18)7-3-4-13-6-14-7/h3-6H,1-2H3,(H,12,19)(H,16,18). The lowest BCUT2D eigenvalue weighted by molar-refractivity contribution is 0.0954. The minimum atomic E-state index is -0.430. The molecule has 0 aliphatic carbocycles. The van der Waals surface area contributed by atoms with E-state index in [4.69, 9.17) is 0 Å². The molecule has 0 fully saturated rings. The second-order valence-electron chi connectivity index (χ2n) is 3.66. The predicted molar refractivity (Wildman–Crippen MR) is 66.6 cm³/mol. The number of aryl methyl sites for hydroxylation is 1. The summed E-state index contributed by atoms with van der Waals surface area (Å²) in [4.78, 5) is 31.2. The maximum atomic E-state index is 11.9. The molecule has 0 aliphatic heterocycles. The van der Waals surface area contributed by atoms with Crippen molar-refractivity contribution < 1.29 is 9.59 Å². The van der Waals surface area contributed by atoms with Crippen molar-refractivity contribution in [2.24, 2.45) is 7.05 Å². The van der Waals surface area contributed by atoms with Gasteiger partial charge in [0, 0.05) is 20.3 Å². The molecule has 0 aliphatic rings. The van der Waals surface area contributed by atoms with Crippen LogP contribution in [0.5, 0.6) is 0 Å². The summed E-state index contributed by atoms with van der Waals surface area (Å²) in [5.41, 5.74) is 0.803. The molecule has 8 nitrogen and oxygen atoms in total. The second kappa shape index (κ2) is 5.25. The highest BCUT2D eigenvalue weighted by Crippen LogP contribution is 2.14. The van der Waals surface area contributed by atoms with Gasteiger partial charge in [-0.1, -0.05) is 0 Å². The van der Waals surface area contributed by atoms with Crippen LogP contribution in [0.2, 0.25) is 0 Å². The molecule has 0 spiro atoms. The van der Waals surface area contributed by atoms with Gasteiger partial charge in [-0.25, -0.2) is 9.97 Å². The first-order valence-corrected chi connectivity index (χ1v) is 5.45. The Hall–Kier alpha value is -2.77. The molecular formula is C11H12N6O2. The van der Waals surface area contributed by atoms with Gasteiger partial charge in [-0.2, -0.15) is 5.10 Å². The average molecular weight is 260 g/mol. The van der Waals surface area contributed by atoms with Gasteiger partial charge < -0.3 is 10.6 Å². The Balaban J connectivity index is 2.25. The summed E-state index contributed by atoms with van der Waals surface area (Å²) in [5, 5.41) is 9.02. The van der Waals surface area contributed by atoms with Gasteiger partial charge in [0.1, 0.15) is 17.7 Å². The van der Waals surface area contributed by atoms with Gasteiger partial charge in [0.25, 0.3) is 11.8 Å². The van der Waals surface area contributed by atoms with Crippen molar-refractivity contribution in [1.29, 1.82) is 0 Å². The lowest BCUT2D eigenvalue weighted by Gasteiger charge is -2.06. The van der Waals surface area contributed by atoms with E-state index in [1.807, 2.05) is 0 Å². The van der Waals surface area contributed by atoms with E-state index in [1.54, 1.807) is 7.05 Å². The molecule has 2 rings (SSSR count). The Morgan fingerprint density at radius 3 is 2.74 bits per heavy atom. The number of rotatable bonds is 3. The predicted octanol–water partition coefficient (Wildman–Crippen LogP) is -0.178. The third-order valence-corrected chi connectivity index (χ3v) is 2.44. The molecule has 98 valence electrons. The average Bonchev–Trinajstić information content (AvgIpc) is 2.80. The van der Waals surface area contributed by atoms with Crippen molar-refractivity contribution in [2.75, 3.05) is 12.4 Å². The van der Waals surface area contributed by atoms with E-state index in [1.165, 1.54) is 36.5 Å². The first-order valence-electron chi connectivity index (χ1n) is 5.45. The lowest BCUT2D eigenvalue weighted by Crippen LogP contribution is -2.23. The number of amides is 2. The molecule has 0 radical (unpaired) electrons. The fourth-order valence-electron chi connectivity index (χ4n) is 1.53. The van der Waals surface area contributed by atoms with Crippen LogP contribution in [0.1, 0.15) is 21.0 Å². The van der Waals surface area contributed by atoms with E-state index in [-0.39, 0.29) is 17.3 Å². The van der Waals surface area contributed by atoms with Gasteiger partial charge in [0.2, 0.25) is 0 Å². The zero-order valence-electron chi connectivity index (χ0n) is 10.4. The van der Waals surface area contributed by atoms with E-state index in [0.29, 0.717) is 5.69 Å². The highest BCUT2D eigenvalue weighted by molar-refractivity contribution is 6.07. The van der Waals surface area contributed by atoms with Gasteiger partial charge >= 0.3 is 0 Å². The second-order valence-corrected chi connectivity index (χ2v) is 3.66. The summed E-state index contributed by atoms with van der Waals surface area (Å²) in [7, 11) is 3.12. The van der Waals surface area contributed by atoms with Crippen LogP contribution in [0.15, 0.2) is 24.8 Å². The molecule has 0 aromatic carbocycles. The van der Waals surface area contributed by atoms with Crippen LogP contribution >= 0.6 is 0 Å². The third-order valence-electron chi connectivity index (χ3n) is 2.44. The molecule has 19 heavy (non-hydrogen) atoms. The maximum Gasteiger partial charge on any atom is 0.274 e. The van der Waals surface area contributed by atoms with Crippen molar-refractivity contribution >= 4 is 17.5 Å². The number of nitrogens with zero attached hydrogens (tertiary/aromatic N) is 4. The quantitative estimate of drug-likeness (QED) is 0.797. The van der Waals surface area contributed by atoms with Crippen LogP contribution in [-0.4, -0.2) is 38.6 Å². The van der Waals surface area contributed by atoms with E-state index >= 15 is 0 Å². The molecular weight excluding hydrogens is 248 g/mol. The van der Waals surface area contributed by atoms with Gasteiger partial charge in [-0.15, -0.1) is 0 Å². The number of hydrogen-bond acceptors (Lipinski definition) is 5. The topological polar surface area (TPSA) is 102 Å². The third kappa shape index (κ3) is 2.57. The number of aromatic nitrogens is 4. The molecule has 2 N–H and O–H groups in total. The first-order chi connectivity index (χ1) is 9.13. The van der Waals surface area contributed by atoms with Gasteiger partial charge in [-0.3, -0.25) is 14.3 Å². The molecule has 2 aromatic heterocycles. The van der Waals surface area contributed by atoms with Crippen LogP contribution in [0.3, 0.4) is 0 Å². The lowest BCUT2D eigenvalue weighted by atomic mass is 10.3. The number of hydrogen-bond donors (Lipinski definition) is 2. The summed E-state index contributed by atoms with van der Waals surface area (Å²) in [6.45, 7) is 0. The van der Waals surface area contributed by atoms with Gasteiger partial charge in [0.15, 0.2) is 0 Å². The molecule has 0 saturated heterocycles. The van der Waals surface area contributed by atoms with Crippen molar-refractivity contribution in [3.63, 3.8) is 0 Å². The smallest absolute Gasteiger partial charge is 0.274 e. The normalized spacial score (nSPS) is 10.0. The highest BCUT2D eigenvalue weighted by Gasteiger charge is 2.18. The molecule has 8 heteroatoms. The van der Waals surface area contributed by atoms with E-state index in [9.17, 15) is 9.59 Å². The molecule has 2 heterocycles. The number of carbonyl (C=O) groups excluding carboxylic acids is 2. The Bertz CT molecular complexity index is 607. The zero-order valence-corrected chi connectivity index (χ0v) is 10.4. The van der Waals surface area contributed by atoms with Crippen LogP contribution in [0.4, 0.5) is 5.69 Å². The van der Waals surface area contributed by atoms with E-state index in [0.717, 1.165) is 0 Å². The van der Waals surface area contributed by atoms with Gasteiger partial charge in [-0.05, 0) is 6.07 Å². The number of nitrogens with one attached hydrogen (secondary N) is 2. The van der Waals surface area contributed by atoms with Crippen LogP contribution < -0.4 is 10.6 Å². The Morgan fingerprint density at radius 1 is 1.32 bits per heavy atom. The minimum absolute atomic E-state index is 0.210. The van der Waals surface area contributed by atoms with Crippen molar-refractivity contribution in [1.82, 2.24) is 25.1 Å². The van der Waals surface area contributed by atoms with Crippen molar-refractivity contribution in [3.05, 3.63) is 36.2 Å². The van der Waals surface area contributed by atoms with Crippen LogP contribution in [0.25, 0.3) is 0 Å². The molecule has 0 unspecified atom stereocenters. The van der Waals surface area contributed by atoms with Gasteiger partial charge in [0.05, 0.1) is 11.9 Å². The minimum Gasteiger partial charge on any atom is -0.354 e. The molecule has 2 amide bonds. The largest absolute Gasteiger partial charge is 0.354 e. The van der Waals surface area contributed by atoms with E-state index < -0.39 is 5.91 Å². The summed E-state index contributed by atoms with van der Waals surface area (Å²) in [5.74, 6) is -0.765. The monoisotopic (exact) mass is 260 g/mol. The Morgan fingerprint density at radius 2 is 2.11 bits per heavy atom. The van der Waals surface area contributed by atoms with Crippen LogP contribution in [0, 0.1) is 0 Å². The highest BCUT2D eigenvalue weighted by atomic mass is 16.2. The molecule has 0 saturated carbocycles. The number of anilines is 1. The Kier molecular flexibility index (Phi) is 3.51. The molecule has 0 bridgehead atoms. The molecule has 0 atom stereocenters. The van der Waals surface area contributed by atoms with Crippen LogP contribution in [-0.2, 0) is 7.05 Å². The molecule has 2 aromatic rings. The van der Waals surface area contributed by atoms with Crippen molar-refractivity contribution in [2.45, 2.75) is 0 Å². The fraction of sp³-hybridized carbons (Fsp3) is 0.182. The Labute approximate surface area is 108 Å². The first kappa shape index (κ1) is 12.7. The maximum absolute atomic E-state index is 11.9. The summed E-state index contributed by atoms with van der Waals surface area (Å²) in [6.07, 6.45) is 4.15. The van der Waals surface area contributed by atoms with Crippen molar-refractivity contribution in [3.8, 4) is 0 Å². The van der Waals surface area contributed by atoms with E-state index in [2.05, 4.69) is 25.7 Å².